The molecule has 0 saturated carbocycles. The van der Waals surface area contributed by atoms with Crippen molar-refractivity contribution >= 4 is 22.6 Å². The molecule has 2 aromatic heterocycles. The second kappa shape index (κ2) is 3.65. The maximum Gasteiger partial charge on any atom is 0.137 e. The first-order valence-electron chi connectivity index (χ1n) is 5.03. The molecule has 3 heteroatoms. The van der Waals surface area contributed by atoms with E-state index in [1.807, 2.05) is 42.6 Å². The first-order valence-corrected chi connectivity index (χ1v) is 5.41. The van der Waals surface area contributed by atoms with Gasteiger partial charge in [0.25, 0.3) is 0 Å². The van der Waals surface area contributed by atoms with Crippen molar-refractivity contribution < 1.29 is 0 Å². The fraction of sp³-hybridized carbons (Fsp3) is 0. The number of nitrogens with one attached hydrogen (secondary N) is 1. The van der Waals surface area contributed by atoms with Crippen molar-refractivity contribution in [2.75, 3.05) is 0 Å². The lowest BCUT2D eigenvalue weighted by molar-refractivity contribution is 1.33. The average Bonchev–Trinajstić information content (AvgIpc) is 2.78. The Labute approximate surface area is 97.9 Å². The van der Waals surface area contributed by atoms with Crippen molar-refractivity contribution in [3.8, 4) is 11.1 Å². The molecule has 2 heterocycles. The molecule has 3 rings (SSSR count). The summed E-state index contributed by atoms with van der Waals surface area (Å²) in [5.74, 6) is 0. The van der Waals surface area contributed by atoms with Gasteiger partial charge in [-0.25, -0.2) is 4.98 Å². The molecule has 1 N–H and O–H groups in total. The first kappa shape index (κ1) is 9.43. The molecule has 0 amide bonds. The number of aromatic nitrogens is 2. The Morgan fingerprint density at radius 2 is 1.88 bits per heavy atom. The SMILES string of the molecule is Clc1cnc2[nH]ccc2c1-c1ccccc1. The highest BCUT2D eigenvalue weighted by molar-refractivity contribution is 6.34. The standard InChI is InChI=1S/C13H9ClN2/c14-11-8-16-13-10(6-7-15-13)12(11)9-4-2-1-3-5-9/h1-8H,(H,15,16). The quantitative estimate of drug-likeness (QED) is 0.673. The van der Waals surface area contributed by atoms with Crippen LogP contribution in [0.15, 0.2) is 48.8 Å². The molecule has 78 valence electrons. The normalized spacial score (nSPS) is 10.8. The highest BCUT2D eigenvalue weighted by Gasteiger charge is 2.09. The molecule has 0 fully saturated rings. The van der Waals surface area contributed by atoms with Gasteiger partial charge >= 0.3 is 0 Å². The Kier molecular flexibility index (Phi) is 2.15. The van der Waals surface area contributed by atoms with Crippen LogP contribution in [0.5, 0.6) is 0 Å². The topological polar surface area (TPSA) is 28.7 Å². The van der Waals surface area contributed by atoms with E-state index in [-0.39, 0.29) is 0 Å². The molecular formula is C13H9ClN2. The molecule has 0 aliphatic carbocycles. The van der Waals surface area contributed by atoms with E-state index in [1.165, 1.54) is 0 Å². The molecule has 0 bridgehead atoms. The van der Waals surface area contributed by atoms with Crippen molar-refractivity contribution in [2.45, 2.75) is 0 Å². The first-order chi connectivity index (χ1) is 7.86. The maximum atomic E-state index is 6.22. The van der Waals surface area contributed by atoms with Crippen LogP contribution in [0.4, 0.5) is 0 Å². The van der Waals surface area contributed by atoms with Gasteiger partial charge in [0.2, 0.25) is 0 Å². The fourth-order valence-electron chi connectivity index (χ4n) is 1.88. The highest BCUT2D eigenvalue weighted by Crippen LogP contribution is 2.33. The molecule has 0 radical (unpaired) electrons. The molecule has 0 atom stereocenters. The molecule has 0 aliphatic heterocycles. The predicted octanol–water partition coefficient (Wildman–Crippen LogP) is 3.88. The lowest BCUT2D eigenvalue weighted by atomic mass is 10.0. The van der Waals surface area contributed by atoms with Crippen LogP contribution in [0.25, 0.3) is 22.2 Å². The van der Waals surface area contributed by atoms with Gasteiger partial charge in [-0.2, -0.15) is 0 Å². The van der Waals surface area contributed by atoms with E-state index < -0.39 is 0 Å². The molecule has 0 spiro atoms. The van der Waals surface area contributed by atoms with Gasteiger partial charge in [0.1, 0.15) is 5.65 Å². The second-order valence-electron chi connectivity index (χ2n) is 3.59. The van der Waals surface area contributed by atoms with E-state index in [0.717, 1.165) is 22.2 Å². The number of benzene rings is 1. The van der Waals surface area contributed by atoms with E-state index in [2.05, 4.69) is 9.97 Å². The molecule has 0 aliphatic rings. The van der Waals surface area contributed by atoms with Crippen LogP contribution in [0.3, 0.4) is 0 Å². The van der Waals surface area contributed by atoms with Crippen molar-refractivity contribution in [3.05, 3.63) is 53.8 Å². The van der Waals surface area contributed by atoms with Gasteiger partial charge < -0.3 is 4.98 Å². The minimum Gasteiger partial charge on any atom is -0.346 e. The molecule has 1 aromatic carbocycles. The summed E-state index contributed by atoms with van der Waals surface area (Å²) in [5.41, 5.74) is 3.01. The number of fused-ring (bicyclic) bond motifs is 1. The maximum absolute atomic E-state index is 6.22. The van der Waals surface area contributed by atoms with Gasteiger partial charge in [-0.1, -0.05) is 41.9 Å². The van der Waals surface area contributed by atoms with Crippen LogP contribution in [-0.4, -0.2) is 9.97 Å². The van der Waals surface area contributed by atoms with Crippen LogP contribution in [0.2, 0.25) is 5.02 Å². The molecular weight excluding hydrogens is 220 g/mol. The summed E-state index contributed by atoms with van der Waals surface area (Å²) in [6, 6.07) is 12.1. The fourth-order valence-corrected chi connectivity index (χ4v) is 2.14. The lowest BCUT2D eigenvalue weighted by Gasteiger charge is -2.05. The van der Waals surface area contributed by atoms with E-state index >= 15 is 0 Å². The minimum absolute atomic E-state index is 0.679. The smallest absolute Gasteiger partial charge is 0.137 e. The van der Waals surface area contributed by atoms with Crippen molar-refractivity contribution in [3.63, 3.8) is 0 Å². The second-order valence-corrected chi connectivity index (χ2v) is 3.99. The minimum atomic E-state index is 0.679. The zero-order chi connectivity index (χ0) is 11.0. The Balaban J connectivity index is 2.38. The van der Waals surface area contributed by atoms with Crippen LogP contribution in [-0.2, 0) is 0 Å². The number of pyridine rings is 1. The number of nitrogens with zero attached hydrogens (tertiary/aromatic N) is 1. The Bertz CT molecular complexity index is 629. The highest BCUT2D eigenvalue weighted by atomic mass is 35.5. The summed E-state index contributed by atoms with van der Waals surface area (Å²) in [5, 5.41) is 1.73. The van der Waals surface area contributed by atoms with Gasteiger partial charge in [-0.3, -0.25) is 0 Å². The largest absolute Gasteiger partial charge is 0.346 e. The zero-order valence-corrected chi connectivity index (χ0v) is 9.20. The molecule has 16 heavy (non-hydrogen) atoms. The number of hydrogen-bond acceptors (Lipinski definition) is 1. The Morgan fingerprint density at radius 1 is 1.06 bits per heavy atom. The van der Waals surface area contributed by atoms with Crippen molar-refractivity contribution in [2.24, 2.45) is 0 Å². The molecule has 0 saturated heterocycles. The Hall–Kier alpha value is -1.80. The third kappa shape index (κ3) is 1.39. The van der Waals surface area contributed by atoms with Gasteiger partial charge in [0.05, 0.1) is 5.02 Å². The number of aromatic amines is 1. The van der Waals surface area contributed by atoms with E-state index in [1.54, 1.807) is 6.20 Å². The number of rotatable bonds is 1. The average molecular weight is 229 g/mol. The lowest BCUT2D eigenvalue weighted by Crippen LogP contribution is -1.84. The van der Waals surface area contributed by atoms with E-state index in [0.29, 0.717) is 5.02 Å². The third-order valence-electron chi connectivity index (χ3n) is 2.60. The summed E-state index contributed by atoms with van der Waals surface area (Å²) in [7, 11) is 0. The summed E-state index contributed by atoms with van der Waals surface area (Å²) >= 11 is 6.22. The zero-order valence-electron chi connectivity index (χ0n) is 8.44. The number of H-pyrrole nitrogens is 1. The third-order valence-corrected chi connectivity index (χ3v) is 2.89. The van der Waals surface area contributed by atoms with Crippen LogP contribution >= 0.6 is 11.6 Å². The monoisotopic (exact) mass is 228 g/mol. The molecule has 0 unspecified atom stereocenters. The van der Waals surface area contributed by atoms with Crippen molar-refractivity contribution in [1.82, 2.24) is 9.97 Å². The van der Waals surface area contributed by atoms with E-state index in [4.69, 9.17) is 11.6 Å². The summed E-state index contributed by atoms with van der Waals surface area (Å²) in [6.45, 7) is 0. The van der Waals surface area contributed by atoms with Gasteiger partial charge in [-0.05, 0) is 11.6 Å². The molecule has 3 aromatic rings. The van der Waals surface area contributed by atoms with Crippen LogP contribution in [0.1, 0.15) is 0 Å². The number of hydrogen-bond donors (Lipinski definition) is 1. The van der Waals surface area contributed by atoms with Gasteiger partial charge in [0, 0.05) is 23.3 Å². The summed E-state index contributed by atoms with van der Waals surface area (Å²) in [6.07, 6.45) is 3.56. The van der Waals surface area contributed by atoms with Crippen molar-refractivity contribution in [1.29, 1.82) is 0 Å². The van der Waals surface area contributed by atoms with E-state index in [9.17, 15) is 0 Å². The molecule has 2 nitrogen and oxygen atoms in total. The van der Waals surface area contributed by atoms with Crippen LogP contribution < -0.4 is 0 Å². The summed E-state index contributed by atoms with van der Waals surface area (Å²) < 4.78 is 0. The predicted molar refractivity (Wildman–Crippen MR) is 66.5 cm³/mol. The summed E-state index contributed by atoms with van der Waals surface area (Å²) in [4.78, 5) is 7.33. The number of halogens is 1. The van der Waals surface area contributed by atoms with Crippen LogP contribution in [0, 0.1) is 0 Å². The van der Waals surface area contributed by atoms with Gasteiger partial charge in [0.15, 0.2) is 0 Å². The Morgan fingerprint density at radius 3 is 2.69 bits per heavy atom. The van der Waals surface area contributed by atoms with Gasteiger partial charge in [-0.15, -0.1) is 0 Å².